The van der Waals surface area contributed by atoms with Crippen LogP contribution in [0.3, 0.4) is 0 Å². The molecule has 0 spiro atoms. The highest BCUT2D eigenvalue weighted by molar-refractivity contribution is 7.15. The van der Waals surface area contributed by atoms with Gasteiger partial charge in [-0.05, 0) is 12.8 Å². The molecule has 2 heterocycles. The van der Waals surface area contributed by atoms with Gasteiger partial charge in [-0.25, -0.2) is 4.98 Å². The fraction of sp³-hybridized carbons (Fsp3) is 0.364. The number of thiazole rings is 1. The van der Waals surface area contributed by atoms with Gasteiger partial charge in [-0.2, -0.15) is 0 Å². The molecule has 0 fully saturated rings. The van der Waals surface area contributed by atoms with Crippen LogP contribution in [-0.4, -0.2) is 21.2 Å². The number of aliphatic carboxylic acids is 1. The molecule has 0 amide bonds. The number of fused-ring (bicyclic) bond motifs is 1. The Labute approximate surface area is 107 Å². The smallest absolute Gasteiger partial charge is 0.312 e. The summed E-state index contributed by atoms with van der Waals surface area (Å²) in [7, 11) is 0. The molecule has 7 heteroatoms. The zero-order chi connectivity index (χ0) is 12.5. The lowest BCUT2D eigenvalue weighted by Gasteiger charge is -2.02. The summed E-state index contributed by atoms with van der Waals surface area (Å²) >= 11 is 1.52. The summed E-state index contributed by atoms with van der Waals surface area (Å²) in [6.45, 7) is 0.528. The molecule has 2 aromatic heterocycles. The molecule has 0 saturated heterocycles. The minimum absolute atomic E-state index is 0.446. The van der Waals surface area contributed by atoms with E-state index in [0.717, 1.165) is 27.8 Å². The van der Waals surface area contributed by atoms with Crippen LogP contribution in [0, 0.1) is 0 Å². The molecule has 1 unspecified atom stereocenters. The molecule has 1 aliphatic rings. The Morgan fingerprint density at radius 2 is 2.56 bits per heavy atom. The van der Waals surface area contributed by atoms with E-state index in [-0.39, 0.29) is 0 Å². The maximum Gasteiger partial charge on any atom is 0.312 e. The molecule has 0 aliphatic heterocycles. The van der Waals surface area contributed by atoms with E-state index in [9.17, 15) is 4.79 Å². The number of anilines is 1. The van der Waals surface area contributed by atoms with Gasteiger partial charge >= 0.3 is 5.97 Å². The van der Waals surface area contributed by atoms with Crippen molar-refractivity contribution in [1.29, 1.82) is 0 Å². The minimum Gasteiger partial charge on any atom is -0.481 e. The number of nitrogens with one attached hydrogen (secondary N) is 1. The molecule has 0 bridgehead atoms. The maximum absolute atomic E-state index is 11.0. The molecule has 6 nitrogen and oxygen atoms in total. The van der Waals surface area contributed by atoms with E-state index >= 15 is 0 Å². The molecular formula is C11H11N3O3S. The number of carbonyl (C=O) groups is 1. The highest BCUT2D eigenvalue weighted by atomic mass is 32.1. The van der Waals surface area contributed by atoms with Gasteiger partial charge in [-0.3, -0.25) is 4.79 Å². The van der Waals surface area contributed by atoms with E-state index in [1.165, 1.54) is 17.6 Å². The molecule has 18 heavy (non-hydrogen) atoms. The average Bonchev–Trinajstić information content (AvgIpc) is 3.02. The molecule has 0 radical (unpaired) electrons. The Morgan fingerprint density at radius 3 is 3.28 bits per heavy atom. The Hall–Kier alpha value is -1.89. The van der Waals surface area contributed by atoms with E-state index in [2.05, 4.69) is 15.5 Å². The first kappa shape index (κ1) is 11.2. The first-order valence-corrected chi connectivity index (χ1v) is 6.41. The van der Waals surface area contributed by atoms with Crippen molar-refractivity contribution in [2.75, 3.05) is 5.32 Å². The largest absolute Gasteiger partial charge is 0.481 e. The third kappa shape index (κ3) is 1.97. The maximum atomic E-state index is 11.0. The van der Waals surface area contributed by atoms with Crippen molar-refractivity contribution in [2.24, 2.45) is 0 Å². The molecule has 1 atom stereocenters. The number of nitrogens with zero attached hydrogens (tertiary/aromatic N) is 2. The van der Waals surface area contributed by atoms with Gasteiger partial charge in [0.1, 0.15) is 17.9 Å². The summed E-state index contributed by atoms with van der Waals surface area (Å²) in [6, 6.07) is 1.77. The topological polar surface area (TPSA) is 88.2 Å². The molecule has 0 saturated carbocycles. The molecule has 2 N–H and O–H groups in total. The van der Waals surface area contributed by atoms with Gasteiger partial charge in [-0.15, -0.1) is 11.3 Å². The summed E-state index contributed by atoms with van der Waals surface area (Å²) in [5.41, 5.74) is 1.51. The minimum atomic E-state index is -0.790. The van der Waals surface area contributed by atoms with Crippen LogP contribution in [-0.2, 0) is 17.8 Å². The van der Waals surface area contributed by atoms with Crippen LogP contribution < -0.4 is 5.32 Å². The normalized spacial score (nSPS) is 17.7. The van der Waals surface area contributed by atoms with Crippen LogP contribution in [0.1, 0.15) is 28.6 Å². The number of hydrogen-bond acceptors (Lipinski definition) is 6. The third-order valence-corrected chi connectivity index (χ3v) is 4.02. The second-order valence-corrected chi connectivity index (χ2v) is 5.18. The standard InChI is InChI=1S/C11H11N3O3S/c15-10(16)7-1-2-8-9(7)13-11(18-8)12-5-6-3-4-17-14-6/h3-4,7H,1-2,5H2,(H,12,13)(H,15,16). The molecule has 2 aromatic rings. The SMILES string of the molecule is O=C(O)C1CCc2sc(NCc3ccon3)nc21. The fourth-order valence-corrected chi connectivity index (χ4v) is 3.07. The monoisotopic (exact) mass is 265 g/mol. The number of carboxylic acid groups (broad SMARTS) is 1. The first-order valence-electron chi connectivity index (χ1n) is 5.59. The van der Waals surface area contributed by atoms with Crippen LogP contribution in [0.25, 0.3) is 0 Å². The zero-order valence-corrected chi connectivity index (χ0v) is 10.2. The Morgan fingerprint density at radius 1 is 1.67 bits per heavy atom. The van der Waals surface area contributed by atoms with Gasteiger partial charge in [-0.1, -0.05) is 5.16 Å². The second kappa shape index (κ2) is 4.41. The molecule has 0 aromatic carbocycles. The number of rotatable bonds is 4. The van der Waals surface area contributed by atoms with Crippen LogP contribution in [0.4, 0.5) is 5.13 Å². The van der Waals surface area contributed by atoms with Crippen molar-refractivity contribution in [2.45, 2.75) is 25.3 Å². The Balaban J connectivity index is 1.72. The number of hydrogen-bond donors (Lipinski definition) is 2. The van der Waals surface area contributed by atoms with Gasteiger partial charge < -0.3 is 14.9 Å². The highest BCUT2D eigenvalue weighted by Crippen LogP contribution is 2.38. The van der Waals surface area contributed by atoms with Gasteiger partial charge in [0, 0.05) is 10.9 Å². The summed E-state index contributed by atoms with van der Waals surface area (Å²) in [5, 5.41) is 16.7. The summed E-state index contributed by atoms with van der Waals surface area (Å²) in [4.78, 5) is 16.5. The number of carboxylic acids is 1. The zero-order valence-electron chi connectivity index (χ0n) is 9.42. The van der Waals surface area contributed by atoms with Crippen LogP contribution >= 0.6 is 11.3 Å². The average molecular weight is 265 g/mol. The summed E-state index contributed by atoms with van der Waals surface area (Å²) in [6.07, 6.45) is 2.97. The highest BCUT2D eigenvalue weighted by Gasteiger charge is 2.32. The van der Waals surface area contributed by atoms with E-state index < -0.39 is 11.9 Å². The molecule has 3 rings (SSSR count). The first-order chi connectivity index (χ1) is 8.74. The third-order valence-electron chi connectivity index (χ3n) is 2.93. The lowest BCUT2D eigenvalue weighted by Crippen LogP contribution is -2.09. The van der Waals surface area contributed by atoms with Crippen LogP contribution in [0.5, 0.6) is 0 Å². The van der Waals surface area contributed by atoms with Gasteiger partial charge in [0.25, 0.3) is 0 Å². The lowest BCUT2D eigenvalue weighted by molar-refractivity contribution is -0.138. The quantitative estimate of drug-likeness (QED) is 0.877. The predicted octanol–water partition coefficient (Wildman–Crippen LogP) is 1.86. The van der Waals surface area contributed by atoms with Crippen LogP contribution in [0.15, 0.2) is 16.9 Å². The van der Waals surface area contributed by atoms with Crippen molar-refractivity contribution in [1.82, 2.24) is 10.1 Å². The predicted molar refractivity (Wildman–Crippen MR) is 64.6 cm³/mol. The fourth-order valence-electron chi connectivity index (χ4n) is 2.04. The number of aromatic nitrogens is 2. The van der Waals surface area contributed by atoms with Crippen LogP contribution in [0.2, 0.25) is 0 Å². The Bertz CT molecular complexity index is 564. The van der Waals surface area contributed by atoms with Gasteiger partial charge in [0.15, 0.2) is 5.13 Å². The van der Waals surface area contributed by atoms with Gasteiger partial charge in [0.05, 0.1) is 12.2 Å². The molecule has 1 aliphatic carbocycles. The molecular weight excluding hydrogens is 254 g/mol. The van der Waals surface area contributed by atoms with Crippen molar-refractivity contribution >= 4 is 22.4 Å². The number of aryl methyl sites for hydroxylation is 1. The van der Waals surface area contributed by atoms with Crippen molar-refractivity contribution in [3.63, 3.8) is 0 Å². The van der Waals surface area contributed by atoms with E-state index in [1.807, 2.05) is 0 Å². The second-order valence-electron chi connectivity index (χ2n) is 4.10. The van der Waals surface area contributed by atoms with Gasteiger partial charge in [0.2, 0.25) is 0 Å². The van der Waals surface area contributed by atoms with Crippen molar-refractivity contribution < 1.29 is 14.4 Å². The van der Waals surface area contributed by atoms with Crippen molar-refractivity contribution in [3.8, 4) is 0 Å². The Kier molecular flexibility index (Phi) is 2.75. The lowest BCUT2D eigenvalue weighted by atomic mass is 10.1. The van der Waals surface area contributed by atoms with E-state index in [4.69, 9.17) is 9.63 Å². The summed E-state index contributed by atoms with van der Waals surface area (Å²) < 4.78 is 4.73. The van der Waals surface area contributed by atoms with E-state index in [0.29, 0.717) is 13.0 Å². The van der Waals surface area contributed by atoms with E-state index in [1.54, 1.807) is 6.07 Å². The summed E-state index contributed by atoms with van der Waals surface area (Å²) in [5.74, 6) is -1.24. The van der Waals surface area contributed by atoms with Crippen molar-refractivity contribution in [3.05, 3.63) is 28.6 Å². The molecule has 94 valence electrons.